The Morgan fingerprint density at radius 2 is 1.70 bits per heavy atom. The Morgan fingerprint density at radius 3 is 2.43 bits per heavy atom. The van der Waals surface area contributed by atoms with Crippen LogP contribution in [0.2, 0.25) is 0 Å². The third kappa shape index (κ3) is 6.41. The summed E-state index contributed by atoms with van der Waals surface area (Å²) in [6, 6.07) is 23.2. The largest absolute Gasteiger partial charge is 0.369 e. The number of carbonyl (C=O) groups excluding carboxylic acids is 2. The first-order valence-electron chi connectivity index (χ1n) is 15.5. The van der Waals surface area contributed by atoms with Crippen LogP contribution in [0.3, 0.4) is 0 Å². The average Bonchev–Trinajstić information content (AvgIpc) is 3.07. The van der Waals surface area contributed by atoms with Gasteiger partial charge in [-0.1, -0.05) is 18.2 Å². The number of hydrogen-bond donors (Lipinski definition) is 2. The van der Waals surface area contributed by atoms with E-state index in [1.807, 2.05) is 57.2 Å². The van der Waals surface area contributed by atoms with Crippen LogP contribution in [-0.4, -0.2) is 66.5 Å². The predicted molar refractivity (Wildman–Crippen MR) is 181 cm³/mol. The third-order valence-electron chi connectivity index (χ3n) is 8.79. The van der Waals surface area contributed by atoms with Gasteiger partial charge >= 0.3 is 0 Å². The van der Waals surface area contributed by atoms with Crippen LogP contribution in [0.4, 0.5) is 28.7 Å². The van der Waals surface area contributed by atoms with Crippen molar-refractivity contribution < 1.29 is 9.59 Å². The van der Waals surface area contributed by atoms with Crippen LogP contribution in [0.5, 0.6) is 0 Å². The zero-order valence-electron chi connectivity index (χ0n) is 26.7. The number of rotatable bonds is 7. The Labute approximate surface area is 269 Å². The Bertz CT molecular complexity index is 1820. The van der Waals surface area contributed by atoms with Gasteiger partial charge in [0.05, 0.1) is 22.7 Å². The molecular formula is C36H38N8O2. The van der Waals surface area contributed by atoms with Gasteiger partial charge in [0.15, 0.2) is 0 Å². The Balaban J connectivity index is 1.14. The summed E-state index contributed by atoms with van der Waals surface area (Å²) in [5.41, 5.74) is 5.96. The van der Waals surface area contributed by atoms with Crippen LogP contribution in [0, 0.1) is 18.3 Å². The van der Waals surface area contributed by atoms with Gasteiger partial charge in [0.1, 0.15) is 0 Å². The normalized spacial score (nSPS) is 15.2. The summed E-state index contributed by atoms with van der Waals surface area (Å²) in [4.78, 5) is 42.4. The van der Waals surface area contributed by atoms with Crippen LogP contribution >= 0.6 is 0 Å². The number of hydrogen-bond acceptors (Lipinski definition) is 8. The third-order valence-corrected chi connectivity index (χ3v) is 8.79. The van der Waals surface area contributed by atoms with E-state index in [0.717, 1.165) is 48.7 Å². The van der Waals surface area contributed by atoms with E-state index < -0.39 is 5.41 Å². The van der Waals surface area contributed by atoms with Gasteiger partial charge in [-0.2, -0.15) is 5.26 Å². The second kappa shape index (κ2) is 12.6. The molecule has 1 saturated heterocycles. The molecule has 6 rings (SSSR count). The molecule has 234 valence electrons. The van der Waals surface area contributed by atoms with Crippen molar-refractivity contribution in [2.24, 2.45) is 0 Å². The molecule has 1 fully saturated rings. The topological polar surface area (TPSA) is 117 Å². The highest BCUT2D eigenvalue weighted by Crippen LogP contribution is 2.30. The lowest BCUT2D eigenvalue weighted by atomic mass is 9.85. The molecule has 3 aromatic carbocycles. The number of nitriles is 1. The molecule has 2 aliphatic rings. The van der Waals surface area contributed by atoms with Gasteiger partial charge in [0.25, 0.3) is 11.8 Å². The fraction of sp³-hybridized carbons (Fsp3) is 0.306. The molecule has 0 spiro atoms. The second-order valence-corrected chi connectivity index (χ2v) is 12.5. The fourth-order valence-electron chi connectivity index (χ4n) is 5.79. The van der Waals surface area contributed by atoms with Crippen LogP contribution in [0.1, 0.15) is 51.4 Å². The zero-order valence-corrected chi connectivity index (χ0v) is 26.7. The van der Waals surface area contributed by atoms with Crippen molar-refractivity contribution in [2.75, 3.05) is 60.2 Å². The maximum atomic E-state index is 13.7. The number of aromatic nitrogens is 2. The van der Waals surface area contributed by atoms with E-state index in [4.69, 9.17) is 0 Å². The number of amides is 2. The number of benzene rings is 3. The van der Waals surface area contributed by atoms with E-state index in [9.17, 15) is 14.9 Å². The fourth-order valence-corrected chi connectivity index (χ4v) is 5.79. The molecule has 10 nitrogen and oxygen atoms in total. The molecule has 2 N–H and O–H groups in total. The van der Waals surface area contributed by atoms with Crippen molar-refractivity contribution >= 4 is 40.5 Å². The summed E-state index contributed by atoms with van der Waals surface area (Å²) in [6.45, 7) is 10.2. The first kappa shape index (κ1) is 30.7. The highest BCUT2D eigenvalue weighted by Gasteiger charge is 2.29. The molecule has 0 radical (unpaired) electrons. The monoisotopic (exact) mass is 614 g/mol. The van der Waals surface area contributed by atoms with E-state index in [-0.39, 0.29) is 11.8 Å². The minimum Gasteiger partial charge on any atom is -0.369 e. The molecule has 3 heterocycles. The number of piperazine rings is 1. The average molecular weight is 615 g/mol. The summed E-state index contributed by atoms with van der Waals surface area (Å²) in [7, 11) is 2.15. The van der Waals surface area contributed by atoms with E-state index in [0.29, 0.717) is 41.4 Å². The number of carbonyl (C=O) groups is 2. The minimum atomic E-state index is -0.713. The Kier molecular flexibility index (Phi) is 8.43. The highest BCUT2D eigenvalue weighted by molar-refractivity contribution is 6.09. The zero-order chi connectivity index (χ0) is 32.4. The molecule has 4 aromatic rings. The van der Waals surface area contributed by atoms with Crippen molar-refractivity contribution in [3.05, 3.63) is 101 Å². The van der Waals surface area contributed by atoms with Crippen LogP contribution < -0.4 is 20.4 Å². The SMILES string of the molecule is Cc1ccc(NC(=O)c2cccc(C(C)(C)C#N)c2)cc1N1CCc2nc(Nc3ccc(N4CCN(C)CC4)cc3)ncc2C1=O. The second-order valence-electron chi connectivity index (χ2n) is 12.5. The molecule has 0 bridgehead atoms. The first-order valence-corrected chi connectivity index (χ1v) is 15.5. The van der Waals surface area contributed by atoms with E-state index in [1.165, 1.54) is 5.69 Å². The molecule has 2 aliphatic heterocycles. The van der Waals surface area contributed by atoms with E-state index in [1.54, 1.807) is 29.3 Å². The van der Waals surface area contributed by atoms with Crippen LogP contribution in [-0.2, 0) is 11.8 Å². The lowest BCUT2D eigenvalue weighted by Crippen LogP contribution is -2.44. The number of aryl methyl sites for hydroxylation is 1. The van der Waals surface area contributed by atoms with Gasteiger partial charge in [0.2, 0.25) is 5.95 Å². The van der Waals surface area contributed by atoms with Gasteiger partial charge in [-0.3, -0.25) is 9.59 Å². The summed E-state index contributed by atoms with van der Waals surface area (Å²) in [5.74, 6) is -0.0130. The predicted octanol–water partition coefficient (Wildman–Crippen LogP) is 5.54. The minimum absolute atomic E-state index is 0.178. The smallest absolute Gasteiger partial charge is 0.261 e. The maximum Gasteiger partial charge on any atom is 0.261 e. The summed E-state index contributed by atoms with van der Waals surface area (Å²) >= 11 is 0. The number of anilines is 5. The Hall–Kier alpha value is -5.27. The number of fused-ring (bicyclic) bond motifs is 1. The quantitative estimate of drug-likeness (QED) is 0.279. The number of likely N-dealkylation sites (N-methyl/N-ethyl adjacent to an activating group) is 1. The molecule has 10 heteroatoms. The number of nitrogens with zero attached hydrogens (tertiary/aromatic N) is 6. The molecule has 46 heavy (non-hydrogen) atoms. The lowest BCUT2D eigenvalue weighted by molar-refractivity contribution is 0.0978. The summed E-state index contributed by atoms with van der Waals surface area (Å²) in [5, 5.41) is 15.7. The van der Waals surface area contributed by atoms with Crippen LogP contribution in [0.25, 0.3) is 0 Å². The molecule has 1 aromatic heterocycles. The molecule has 0 saturated carbocycles. The van der Waals surface area contributed by atoms with Crippen molar-refractivity contribution in [1.29, 1.82) is 5.26 Å². The van der Waals surface area contributed by atoms with Gasteiger partial charge in [-0.05, 0) is 87.5 Å². The summed E-state index contributed by atoms with van der Waals surface area (Å²) < 4.78 is 0. The lowest BCUT2D eigenvalue weighted by Gasteiger charge is -2.34. The first-order chi connectivity index (χ1) is 22.1. The molecule has 0 unspecified atom stereocenters. The molecule has 2 amide bonds. The van der Waals surface area contributed by atoms with Gasteiger partial charge < -0.3 is 25.3 Å². The van der Waals surface area contributed by atoms with Crippen molar-refractivity contribution in [1.82, 2.24) is 14.9 Å². The highest BCUT2D eigenvalue weighted by atomic mass is 16.2. The number of nitrogens with one attached hydrogen (secondary N) is 2. The van der Waals surface area contributed by atoms with Crippen molar-refractivity contribution in [3.8, 4) is 6.07 Å². The Morgan fingerprint density at radius 1 is 0.957 bits per heavy atom. The summed E-state index contributed by atoms with van der Waals surface area (Å²) in [6.07, 6.45) is 2.16. The maximum absolute atomic E-state index is 13.7. The standard InChI is InChI=1S/C36H38N8O2/c1-24-8-9-28(39-33(45)25-6-5-7-26(20-25)36(2,3)23-37)21-32(24)44-15-14-31-30(34(44)46)22-38-35(41-31)40-27-10-12-29(13-11-27)43-18-16-42(4)17-19-43/h5-13,20-22H,14-19H2,1-4H3,(H,39,45)(H,38,40,41). The van der Waals surface area contributed by atoms with Crippen molar-refractivity contribution in [2.45, 2.75) is 32.6 Å². The molecule has 0 aliphatic carbocycles. The van der Waals surface area contributed by atoms with Gasteiger partial charge in [-0.25, -0.2) is 9.97 Å². The van der Waals surface area contributed by atoms with Crippen molar-refractivity contribution in [3.63, 3.8) is 0 Å². The van der Waals surface area contributed by atoms with Gasteiger partial charge in [-0.15, -0.1) is 0 Å². The molecule has 0 atom stereocenters. The molecular weight excluding hydrogens is 576 g/mol. The van der Waals surface area contributed by atoms with E-state index >= 15 is 0 Å². The van der Waals surface area contributed by atoms with Gasteiger partial charge in [0, 0.05) is 73.7 Å². The van der Waals surface area contributed by atoms with Crippen LogP contribution in [0.15, 0.2) is 72.9 Å². The van der Waals surface area contributed by atoms with E-state index in [2.05, 4.69) is 55.7 Å².